The first-order chi connectivity index (χ1) is 8.13. The molecule has 0 amide bonds. The number of halogens is 2. The predicted molar refractivity (Wildman–Crippen MR) is 72.0 cm³/mol. The van der Waals surface area contributed by atoms with Gasteiger partial charge in [-0.05, 0) is 25.5 Å². The highest BCUT2D eigenvalue weighted by atomic mass is 35.5. The molecule has 1 aromatic rings. The summed E-state index contributed by atoms with van der Waals surface area (Å²) in [5, 5.41) is 0. The van der Waals surface area contributed by atoms with E-state index in [9.17, 15) is 4.39 Å². The molecular weight excluding hydrogens is 259 g/mol. The Hall–Kier alpha value is -1.04. The van der Waals surface area contributed by atoms with E-state index in [-0.39, 0.29) is 24.3 Å². The smallest absolute Gasteiger partial charge is 0.163 e. The summed E-state index contributed by atoms with van der Waals surface area (Å²) in [6.45, 7) is 0.544. The van der Waals surface area contributed by atoms with E-state index in [1.165, 1.54) is 20.3 Å². The van der Waals surface area contributed by atoms with Crippen molar-refractivity contribution < 1.29 is 13.9 Å². The zero-order valence-corrected chi connectivity index (χ0v) is 11.4. The van der Waals surface area contributed by atoms with Crippen LogP contribution in [0.25, 0.3) is 0 Å². The van der Waals surface area contributed by atoms with E-state index in [2.05, 4.69) is 0 Å². The van der Waals surface area contributed by atoms with Gasteiger partial charge < -0.3 is 20.9 Å². The molecule has 1 rings (SSSR count). The largest absolute Gasteiger partial charge is 0.493 e. The molecule has 104 valence electrons. The number of rotatable bonds is 6. The van der Waals surface area contributed by atoms with Crippen LogP contribution >= 0.6 is 12.4 Å². The van der Waals surface area contributed by atoms with Crippen molar-refractivity contribution in [3.63, 3.8) is 0 Å². The number of hydrogen-bond donors (Lipinski definition) is 2. The Bertz CT molecular complexity index is 377. The third-order valence-corrected chi connectivity index (χ3v) is 2.62. The summed E-state index contributed by atoms with van der Waals surface area (Å²) in [6, 6.07) is 2.49. The fourth-order valence-electron chi connectivity index (χ4n) is 1.65. The average molecular weight is 279 g/mol. The topological polar surface area (TPSA) is 70.5 Å². The van der Waals surface area contributed by atoms with Crippen LogP contribution in [0.2, 0.25) is 0 Å². The quantitative estimate of drug-likeness (QED) is 0.835. The van der Waals surface area contributed by atoms with Gasteiger partial charge in [0.05, 0.1) is 14.2 Å². The maximum atomic E-state index is 13.8. The van der Waals surface area contributed by atoms with Crippen LogP contribution in [0.15, 0.2) is 12.1 Å². The minimum atomic E-state index is -0.382. The highest BCUT2D eigenvalue weighted by Crippen LogP contribution is 2.32. The van der Waals surface area contributed by atoms with Crippen molar-refractivity contribution in [2.75, 3.05) is 20.8 Å². The Morgan fingerprint density at radius 2 is 1.78 bits per heavy atom. The lowest BCUT2D eigenvalue weighted by Gasteiger charge is -2.15. The van der Waals surface area contributed by atoms with Crippen LogP contribution in [0.4, 0.5) is 4.39 Å². The van der Waals surface area contributed by atoms with Crippen molar-refractivity contribution in [3.8, 4) is 11.5 Å². The molecule has 1 atom stereocenters. The molecule has 0 aliphatic rings. The van der Waals surface area contributed by atoms with Gasteiger partial charge in [-0.2, -0.15) is 0 Å². The summed E-state index contributed by atoms with van der Waals surface area (Å²) in [7, 11) is 2.97. The van der Waals surface area contributed by atoms with Crippen LogP contribution < -0.4 is 20.9 Å². The second kappa shape index (κ2) is 8.13. The summed E-state index contributed by atoms with van der Waals surface area (Å²) in [5.41, 5.74) is 11.7. The van der Waals surface area contributed by atoms with Crippen molar-refractivity contribution in [1.29, 1.82) is 0 Å². The molecule has 4 N–H and O–H groups in total. The van der Waals surface area contributed by atoms with Gasteiger partial charge in [-0.1, -0.05) is 0 Å². The zero-order valence-electron chi connectivity index (χ0n) is 10.6. The van der Waals surface area contributed by atoms with Gasteiger partial charge in [-0.25, -0.2) is 4.39 Å². The predicted octanol–water partition coefficient (Wildman–Crippen LogP) is 2.00. The molecule has 0 spiro atoms. The van der Waals surface area contributed by atoms with Crippen molar-refractivity contribution in [3.05, 3.63) is 23.5 Å². The minimum Gasteiger partial charge on any atom is -0.493 e. The van der Waals surface area contributed by atoms with Crippen molar-refractivity contribution in [2.24, 2.45) is 11.5 Å². The second-order valence-electron chi connectivity index (χ2n) is 3.77. The van der Waals surface area contributed by atoms with Gasteiger partial charge in [0, 0.05) is 17.7 Å². The standard InChI is InChI=1S/C12H19FN2O2.ClH/c1-16-11-6-8(10(15)4-3-5-14)9(13)7-12(11)17-2;/h6-7,10H,3-5,14-15H2,1-2H3;1H/t10-;/m0./s1. The van der Waals surface area contributed by atoms with E-state index in [0.717, 1.165) is 6.42 Å². The van der Waals surface area contributed by atoms with Gasteiger partial charge in [0.2, 0.25) is 0 Å². The highest BCUT2D eigenvalue weighted by molar-refractivity contribution is 5.85. The van der Waals surface area contributed by atoms with Gasteiger partial charge in [0.25, 0.3) is 0 Å². The molecule has 0 fully saturated rings. The number of hydrogen-bond acceptors (Lipinski definition) is 4. The third kappa shape index (κ3) is 4.01. The minimum absolute atomic E-state index is 0. The molecule has 0 bridgehead atoms. The van der Waals surface area contributed by atoms with Crippen molar-refractivity contribution >= 4 is 12.4 Å². The van der Waals surface area contributed by atoms with Crippen LogP contribution in [0, 0.1) is 5.82 Å². The number of methoxy groups -OCH3 is 2. The third-order valence-electron chi connectivity index (χ3n) is 2.62. The molecule has 0 aliphatic heterocycles. The van der Waals surface area contributed by atoms with E-state index < -0.39 is 0 Å². The van der Waals surface area contributed by atoms with Crippen LogP contribution in [0.1, 0.15) is 24.4 Å². The van der Waals surface area contributed by atoms with Crippen LogP contribution in [-0.2, 0) is 0 Å². The Morgan fingerprint density at radius 1 is 1.22 bits per heavy atom. The zero-order chi connectivity index (χ0) is 12.8. The fraction of sp³-hybridized carbons (Fsp3) is 0.500. The molecular formula is C12H20ClFN2O2. The van der Waals surface area contributed by atoms with Gasteiger partial charge >= 0.3 is 0 Å². The molecule has 18 heavy (non-hydrogen) atoms. The molecule has 0 saturated carbocycles. The monoisotopic (exact) mass is 278 g/mol. The Kier molecular flexibility index (Phi) is 7.66. The molecule has 0 aromatic heterocycles. The first-order valence-electron chi connectivity index (χ1n) is 5.51. The summed E-state index contributed by atoms with van der Waals surface area (Å²) in [4.78, 5) is 0. The van der Waals surface area contributed by atoms with Gasteiger partial charge in [-0.3, -0.25) is 0 Å². The van der Waals surface area contributed by atoms with Crippen LogP contribution in [0.5, 0.6) is 11.5 Å². The highest BCUT2D eigenvalue weighted by Gasteiger charge is 2.16. The van der Waals surface area contributed by atoms with Crippen molar-refractivity contribution in [1.82, 2.24) is 0 Å². The van der Waals surface area contributed by atoms with E-state index >= 15 is 0 Å². The maximum Gasteiger partial charge on any atom is 0.163 e. The molecule has 0 saturated heterocycles. The molecule has 0 aliphatic carbocycles. The first-order valence-corrected chi connectivity index (χ1v) is 5.51. The number of ether oxygens (including phenoxy) is 2. The SMILES string of the molecule is COc1cc(F)c([C@@H](N)CCCN)cc1OC.Cl. The lowest BCUT2D eigenvalue weighted by molar-refractivity contribution is 0.350. The lowest BCUT2D eigenvalue weighted by atomic mass is 10.0. The van der Waals surface area contributed by atoms with E-state index in [4.69, 9.17) is 20.9 Å². The van der Waals surface area contributed by atoms with E-state index in [1.54, 1.807) is 6.07 Å². The number of nitrogens with two attached hydrogens (primary N) is 2. The molecule has 4 nitrogen and oxygen atoms in total. The van der Waals surface area contributed by atoms with Crippen molar-refractivity contribution in [2.45, 2.75) is 18.9 Å². The van der Waals surface area contributed by atoms with Gasteiger partial charge in [0.1, 0.15) is 5.82 Å². The van der Waals surface area contributed by atoms with Crippen LogP contribution in [-0.4, -0.2) is 20.8 Å². The normalized spacial score (nSPS) is 11.6. The van der Waals surface area contributed by atoms with E-state index in [0.29, 0.717) is 30.0 Å². The van der Waals surface area contributed by atoms with E-state index in [1.807, 2.05) is 0 Å². The molecule has 1 aromatic carbocycles. The fourth-order valence-corrected chi connectivity index (χ4v) is 1.65. The molecule has 0 heterocycles. The summed E-state index contributed by atoms with van der Waals surface area (Å²) >= 11 is 0. The van der Waals surface area contributed by atoms with Gasteiger partial charge in [-0.15, -0.1) is 12.4 Å². The summed E-state index contributed by atoms with van der Waals surface area (Å²) in [5.74, 6) is 0.457. The average Bonchev–Trinajstić information content (AvgIpc) is 2.35. The Balaban J connectivity index is 0.00000289. The van der Waals surface area contributed by atoms with Crippen LogP contribution in [0.3, 0.4) is 0 Å². The van der Waals surface area contributed by atoms with Gasteiger partial charge in [0.15, 0.2) is 11.5 Å². The maximum absolute atomic E-state index is 13.8. The summed E-state index contributed by atoms with van der Waals surface area (Å²) < 4.78 is 23.9. The molecule has 0 radical (unpaired) electrons. The molecule has 0 unspecified atom stereocenters. The first kappa shape index (κ1) is 17.0. The Labute approximate surface area is 113 Å². The second-order valence-corrected chi connectivity index (χ2v) is 3.77. The molecule has 6 heteroatoms. The number of benzene rings is 1. The lowest BCUT2D eigenvalue weighted by Crippen LogP contribution is -2.14. The Morgan fingerprint density at radius 3 is 2.28 bits per heavy atom. The summed E-state index contributed by atoms with van der Waals surface area (Å²) in [6.07, 6.45) is 1.40.